The van der Waals surface area contributed by atoms with Gasteiger partial charge >= 0.3 is 0 Å². The van der Waals surface area contributed by atoms with Crippen LogP contribution >= 0.6 is 0 Å². The van der Waals surface area contributed by atoms with E-state index in [1.165, 1.54) is 18.4 Å². The van der Waals surface area contributed by atoms with Crippen LogP contribution in [0.4, 0.5) is 5.69 Å². The van der Waals surface area contributed by atoms with Gasteiger partial charge in [0.2, 0.25) is 5.91 Å². The molecule has 1 saturated heterocycles. The minimum absolute atomic E-state index is 0.179. The maximum atomic E-state index is 11.8. The average Bonchev–Trinajstić information content (AvgIpc) is 3.17. The topological polar surface area (TPSA) is 54.5 Å². The van der Waals surface area contributed by atoms with E-state index < -0.39 is 0 Å². The highest BCUT2D eigenvalue weighted by Crippen LogP contribution is 2.32. The second kappa shape index (κ2) is 6.84. The number of aromatic nitrogens is 1. The molecule has 0 aliphatic carbocycles. The summed E-state index contributed by atoms with van der Waals surface area (Å²) in [6, 6.07) is 8.73. The van der Waals surface area contributed by atoms with Gasteiger partial charge in [0.25, 0.3) is 0 Å². The molecule has 5 nitrogen and oxygen atoms in total. The fraction of sp³-hybridized carbons (Fsp3) is 0.400. The molecular formula is C20H23N3O2. The predicted molar refractivity (Wildman–Crippen MR) is 97.9 cm³/mol. The van der Waals surface area contributed by atoms with Crippen molar-refractivity contribution in [1.29, 1.82) is 0 Å². The number of rotatable bonds is 4. The van der Waals surface area contributed by atoms with Crippen molar-refractivity contribution in [3.05, 3.63) is 42.2 Å². The number of amides is 1. The largest absolute Gasteiger partial charge is 0.490 e. The molecule has 2 aliphatic heterocycles. The number of benzene rings is 1. The molecule has 5 heteroatoms. The lowest BCUT2D eigenvalue weighted by Crippen LogP contribution is -2.30. The van der Waals surface area contributed by atoms with Crippen LogP contribution in [0.1, 0.15) is 24.8 Å². The highest BCUT2D eigenvalue weighted by molar-refractivity contribution is 5.96. The molecule has 1 N–H and O–H groups in total. The number of hydrogen-bond acceptors (Lipinski definition) is 4. The Labute approximate surface area is 148 Å². The molecular weight excluding hydrogens is 314 g/mol. The van der Waals surface area contributed by atoms with Crippen molar-refractivity contribution >= 4 is 11.6 Å². The minimum Gasteiger partial charge on any atom is -0.490 e. The van der Waals surface area contributed by atoms with Crippen LogP contribution in [0.15, 0.2) is 36.7 Å². The Kier molecular flexibility index (Phi) is 4.40. The van der Waals surface area contributed by atoms with Crippen LogP contribution in [-0.4, -0.2) is 37.1 Å². The van der Waals surface area contributed by atoms with Crippen molar-refractivity contribution in [2.24, 2.45) is 0 Å². The Morgan fingerprint density at radius 2 is 2.16 bits per heavy atom. The van der Waals surface area contributed by atoms with Gasteiger partial charge in [-0.15, -0.1) is 0 Å². The van der Waals surface area contributed by atoms with Crippen molar-refractivity contribution in [3.8, 4) is 16.9 Å². The van der Waals surface area contributed by atoms with Crippen LogP contribution in [0.5, 0.6) is 5.75 Å². The van der Waals surface area contributed by atoms with Crippen LogP contribution in [-0.2, 0) is 11.2 Å². The summed E-state index contributed by atoms with van der Waals surface area (Å²) in [6.45, 7) is 1.76. The van der Waals surface area contributed by atoms with Crippen molar-refractivity contribution < 1.29 is 9.53 Å². The number of ether oxygens (including phenoxy) is 1. The predicted octanol–water partition coefficient (Wildman–Crippen LogP) is 2.79. The number of carbonyl (C=O) groups excluding carboxylic acids is 1. The summed E-state index contributed by atoms with van der Waals surface area (Å²) in [4.78, 5) is 17.9. The van der Waals surface area contributed by atoms with Crippen molar-refractivity contribution in [1.82, 2.24) is 10.3 Å². The zero-order chi connectivity index (χ0) is 17.2. The van der Waals surface area contributed by atoms with Gasteiger partial charge in [0.05, 0.1) is 6.20 Å². The third-order valence-electron chi connectivity index (χ3n) is 5.08. The Morgan fingerprint density at radius 1 is 1.24 bits per heavy atom. The van der Waals surface area contributed by atoms with E-state index in [0.29, 0.717) is 19.1 Å². The monoisotopic (exact) mass is 337 g/mol. The molecule has 1 atom stereocenters. The number of aryl methyl sites for hydroxylation is 1. The molecule has 2 aliphatic rings. The lowest BCUT2D eigenvalue weighted by molar-refractivity contribution is -0.118. The Balaban J connectivity index is 1.53. The molecule has 1 aromatic carbocycles. The van der Waals surface area contributed by atoms with Crippen molar-refractivity contribution in [2.45, 2.75) is 31.7 Å². The smallest absolute Gasteiger partial charge is 0.227 e. The maximum absolute atomic E-state index is 11.8. The molecule has 0 saturated carbocycles. The molecule has 4 rings (SSSR count). The average molecular weight is 337 g/mol. The summed E-state index contributed by atoms with van der Waals surface area (Å²) in [5.74, 6) is 0.981. The summed E-state index contributed by atoms with van der Waals surface area (Å²) >= 11 is 0. The van der Waals surface area contributed by atoms with E-state index in [0.717, 1.165) is 35.5 Å². The molecule has 1 amide bonds. The molecule has 25 heavy (non-hydrogen) atoms. The van der Waals surface area contributed by atoms with Gasteiger partial charge in [-0.1, -0.05) is 6.07 Å². The Hall–Kier alpha value is -2.40. The van der Waals surface area contributed by atoms with Crippen LogP contribution < -0.4 is 15.0 Å². The van der Waals surface area contributed by atoms with Gasteiger partial charge in [0, 0.05) is 37.0 Å². The summed E-state index contributed by atoms with van der Waals surface area (Å²) in [5, 5.41) is 3.44. The van der Waals surface area contributed by atoms with E-state index in [1.807, 2.05) is 31.4 Å². The van der Waals surface area contributed by atoms with Crippen LogP contribution in [0.25, 0.3) is 11.1 Å². The second-order valence-electron chi connectivity index (χ2n) is 6.81. The van der Waals surface area contributed by atoms with Gasteiger partial charge < -0.3 is 15.0 Å². The Morgan fingerprint density at radius 3 is 3.00 bits per heavy atom. The van der Waals surface area contributed by atoms with Crippen molar-refractivity contribution in [2.75, 3.05) is 25.1 Å². The fourth-order valence-electron chi connectivity index (χ4n) is 3.59. The SMILES string of the molecule is CN1C(=O)CCc2cc(-c3cncc(OC[C@H]4CCCN4)c3)ccc21. The molecule has 1 fully saturated rings. The zero-order valence-electron chi connectivity index (χ0n) is 14.5. The first-order chi connectivity index (χ1) is 12.2. The highest BCUT2D eigenvalue weighted by Gasteiger charge is 2.21. The number of nitrogens with zero attached hydrogens (tertiary/aromatic N) is 2. The quantitative estimate of drug-likeness (QED) is 0.932. The van der Waals surface area contributed by atoms with Gasteiger partial charge in [-0.3, -0.25) is 9.78 Å². The van der Waals surface area contributed by atoms with Gasteiger partial charge in [0.15, 0.2) is 0 Å². The summed E-state index contributed by atoms with van der Waals surface area (Å²) in [6.07, 6.45) is 7.39. The van der Waals surface area contributed by atoms with Crippen molar-refractivity contribution in [3.63, 3.8) is 0 Å². The summed E-state index contributed by atoms with van der Waals surface area (Å²) in [5.41, 5.74) is 4.37. The lowest BCUT2D eigenvalue weighted by atomic mass is 9.97. The number of anilines is 1. The number of carbonyl (C=O) groups is 1. The number of hydrogen-bond donors (Lipinski definition) is 1. The standard InChI is InChI=1S/C20H23N3O2/c1-23-19-6-4-14(9-15(19)5-7-20(23)24)16-10-18(12-21-11-16)25-13-17-3-2-8-22-17/h4,6,9-12,17,22H,2-3,5,7-8,13H2,1H3/t17-/m1/s1. The van der Waals surface area contributed by atoms with Gasteiger partial charge in [-0.2, -0.15) is 0 Å². The normalized spacial score (nSPS) is 19.8. The third-order valence-corrected chi connectivity index (χ3v) is 5.08. The number of nitrogens with one attached hydrogen (secondary N) is 1. The van der Waals surface area contributed by atoms with E-state index in [1.54, 1.807) is 11.1 Å². The molecule has 1 aromatic heterocycles. The van der Waals surface area contributed by atoms with Crippen LogP contribution in [0, 0.1) is 0 Å². The van der Waals surface area contributed by atoms with Crippen LogP contribution in [0.2, 0.25) is 0 Å². The maximum Gasteiger partial charge on any atom is 0.227 e. The van der Waals surface area contributed by atoms with Crippen LogP contribution in [0.3, 0.4) is 0 Å². The number of fused-ring (bicyclic) bond motifs is 1. The first-order valence-electron chi connectivity index (χ1n) is 8.92. The molecule has 0 bridgehead atoms. The Bertz CT molecular complexity index is 784. The van der Waals surface area contributed by atoms with Gasteiger partial charge in [-0.25, -0.2) is 0 Å². The third kappa shape index (κ3) is 3.37. The second-order valence-corrected chi connectivity index (χ2v) is 6.81. The summed E-state index contributed by atoms with van der Waals surface area (Å²) in [7, 11) is 1.84. The van der Waals surface area contributed by atoms with E-state index in [4.69, 9.17) is 4.74 Å². The first kappa shape index (κ1) is 16.1. The highest BCUT2D eigenvalue weighted by atomic mass is 16.5. The molecule has 3 heterocycles. The van der Waals surface area contributed by atoms with Gasteiger partial charge in [0.1, 0.15) is 12.4 Å². The molecule has 0 unspecified atom stereocenters. The molecule has 0 radical (unpaired) electrons. The molecule has 2 aromatic rings. The van der Waals surface area contributed by atoms with Gasteiger partial charge in [-0.05, 0) is 55.1 Å². The number of pyridine rings is 1. The van der Waals surface area contributed by atoms with E-state index in [-0.39, 0.29) is 5.91 Å². The van der Waals surface area contributed by atoms with E-state index in [2.05, 4.69) is 16.4 Å². The fourth-order valence-corrected chi connectivity index (χ4v) is 3.59. The minimum atomic E-state index is 0.179. The lowest BCUT2D eigenvalue weighted by Gasteiger charge is -2.26. The molecule has 0 spiro atoms. The first-order valence-corrected chi connectivity index (χ1v) is 8.92. The summed E-state index contributed by atoms with van der Waals surface area (Å²) < 4.78 is 5.92. The van der Waals surface area contributed by atoms with E-state index >= 15 is 0 Å². The molecule has 130 valence electrons. The zero-order valence-corrected chi connectivity index (χ0v) is 14.5. The van der Waals surface area contributed by atoms with E-state index in [9.17, 15) is 4.79 Å².